The van der Waals surface area contributed by atoms with Gasteiger partial charge in [-0.1, -0.05) is 34.1 Å². The van der Waals surface area contributed by atoms with Crippen molar-refractivity contribution >= 4 is 37.1 Å². The molecule has 0 fully saturated rings. The molecule has 6 heteroatoms. The van der Waals surface area contributed by atoms with E-state index in [2.05, 4.69) is 132 Å². The number of methoxy groups -OCH3 is 4. The number of benzene rings is 4. The fourth-order valence-corrected chi connectivity index (χ4v) is 16.5. The van der Waals surface area contributed by atoms with E-state index in [9.17, 15) is 0 Å². The SMILES string of the molecule is CCCC(CC)(C(C)P(c1cc(C)c(OC)c(C)c1)c1cc(C)c(OC)c(C)c1)C(C)P(c1cc(C)c(OC)c(C)c1)c1cc(C)c(OC)c(C)c1. The molecule has 0 heterocycles. The van der Waals surface area contributed by atoms with Crippen LogP contribution in [-0.4, -0.2) is 39.8 Å². The van der Waals surface area contributed by atoms with E-state index in [0.29, 0.717) is 11.3 Å². The lowest BCUT2D eigenvalue weighted by atomic mass is 9.75. The van der Waals surface area contributed by atoms with Gasteiger partial charge in [0.15, 0.2) is 0 Å². The van der Waals surface area contributed by atoms with Crippen molar-refractivity contribution in [1.82, 2.24) is 0 Å². The topological polar surface area (TPSA) is 36.9 Å². The summed E-state index contributed by atoms with van der Waals surface area (Å²) in [6.45, 7) is 27.6. The van der Waals surface area contributed by atoms with Crippen LogP contribution < -0.4 is 40.2 Å². The van der Waals surface area contributed by atoms with E-state index in [0.717, 1.165) is 42.3 Å². The Bertz CT molecular complexity index is 1540. The summed E-state index contributed by atoms with van der Waals surface area (Å²) in [6, 6.07) is 19.3. The zero-order valence-corrected chi connectivity index (χ0v) is 36.7. The summed E-state index contributed by atoms with van der Waals surface area (Å²) in [4.78, 5) is 0. The normalized spacial score (nSPS) is 14.0. The molecule has 52 heavy (non-hydrogen) atoms. The van der Waals surface area contributed by atoms with Crippen molar-refractivity contribution in [2.75, 3.05) is 28.4 Å². The molecule has 4 nitrogen and oxygen atoms in total. The fraction of sp³-hybridized carbons (Fsp3) is 0.478. The average Bonchev–Trinajstić information content (AvgIpc) is 3.07. The van der Waals surface area contributed by atoms with Gasteiger partial charge in [0.1, 0.15) is 23.0 Å². The Labute approximate surface area is 318 Å². The van der Waals surface area contributed by atoms with E-state index in [1.54, 1.807) is 28.4 Å². The maximum absolute atomic E-state index is 5.89. The van der Waals surface area contributed by atoms with E-state index in [1.165, 1.54) is 65.7 Å². The largest absolute Gasteiger partial charge is 0.496 e. The molecule has 0 radical (unpaired) electrons. The van der Waals surface area contributed by atoms with Gasteiger partial charge in [0.25, 0.3) is 0 Å². The molecule has 0 saturated carbocycles. The minimum Gasteiger partial charge on any atom is -0.496 e. The summed E-state index contributed by atoms with van der Waals surface area (Å²) >= 11 is 0. The minimum absolute atomic E-state index is 0.0269. The van der Waals surface area contributed by atoms with Crippen molar-refractivity contribution in [3.8, 4) is 23.0 Å². The van der Waals surface area contributed by atoms with Crippen molar-refractivity contribution in [3.05, 3.63) is 93.0 Å². The highest BCUT2D eigenvalue weighted by atomic mass is 31.1. The first-order valence-electron chi connectivity index (χ1n) is 18.8. The first-order valence-corrected chi connectivity index (χ1v) is 21.7. The van der Waals surface area contributed by atoms with Crippen LogP contribution in [0.1, 0.15) is 91.5 Å². The standard InChI is InChI=1S/C46H64O4P2/c1-17-19-46(18-2,36(11)51(38-20-28(3)42(47-13)29(4)21-38)39-22-30(5)43(48-14)31(6)23-39)37(12)52(40-24-32(7)44(49-15)33(8)25-40)41-26-34(9)45(50-16)35(10)27-41/h20-27,36-37H,17-19H2,1-16H3. The highest BCUT2D eigenvalue weighted by Gasteiger charge is 2.47. The summed E-state index contributed by atoms with van der Waals surface area (Å²) in [7, 11) is 5.56. The molecule has 0 aromatic heterocycles. The molecule has 2 unspecified atom stereocenters. The molecule has 0 aliphatic rings. The summed E-state index contributed by atoms with van der Waals surface area (Å²) in [5.41, 5.74) is 10.3. The second-order valence-electron chi connectivity index (χ2n) is 14.9. The Morgan fingerprint density at radius 3 is 0.808 bits per heavy atom. The van der Waals surface area contributed by atoms with E-state index in [-0.39, 0.29) is 5.41 Å². The van der Waals surface area contributed by atoms with Crippen LogP contribution in [0.2, 0.25) is 0 Å². The van der Waals surface area contributed by atoms with E-state index in [1.807, 2.05) is 0 Å². The van der Waals surface area contributed by atoms with E-state index < -0.39 is 15.8 Å². The molecule has 0 N–H and O–H groups in total. The third-order valence-corrected chi connectivity index (χ3v) is 17.4. The number of hydrogen-bond donors (Lipinski definition) is 0. The van der Waals surface area contributed by atoms with Crippen molar-refractivity contribution < 1.29 is 18.9 Å². The summed E-state index contributed by atoms with van der Waals surface area (Å²) < 4.78 is 23.5. The minimum atomic E-state index is -0.793. The zero-order chi connectivity index (χ0) is 38.7. The Kier molecular flexibility index (Phi) is 13.9. The summed E-state index contributed by atoms with van der Waals surface area (Å²) in [5, 5.41) is 5.67. The van der Waals surface area contributed by atoms with Crippen LogP contribution in [0.25, 0.3) is 0 Å². The summed E-state index contributed by atoms with van der Waals surface area (Å²) in [5.74, 6) is 3.93. The van der Waals surface area contributed by atoms with Gasteiger partial charge in [0.05, 0.1) is 28.4 Å². The number of rotatable bonds is 15. The van der Waals surface area contributed by atoms with Gasteiger partial charge in [-0.05, 0) is 215 Å². The quantitative estimate of drug-likeness (QED) is 0.114. The Morgan fingerprint density at radius 1 is 0.442 bits per heavy atom. The predicted molar refractivity (Wildman–Crippen MR) is 229 cm³/mol. The van der Waals surface area contributed by atoms with Crippen LogP contribution in [-0.2, 0) is 0 Å². The fourth-order valence-electron chi connectivity index (χ4n) is 9.26. The van der Waals surface area contributed by atoms with Crippen molar-refractivity contribution in [1.29, 1.82) is 0 Å². The van der Waals surface area contributed by atoms with Crippen molar-refractivity contribution in [2.45, 2.75) is 114 Å². The number of hydrogen-bond acceptors (Lipinski definition) is 4. The van der Waals surface area contributed by atoms with E-state index >= 15 is 0 Å². The second-order valence-corrected chi connectivity index (χ2v) is 20.0. The van der Waals surface area contributed by atoms with Gasteiger partial charge in [-0.3, -0.25) is 0 Å². The van der Waals surface area contributed by atoms with Crippen LogP contribution in [0.5, 0.6) is 23.0 Å². The highest BCUT2D eigenvalue weighted by Crippen LogP contribution is 2.60. The Balaban J connectivity index is 2.07. The smallest absolute Gasteiger partial charge is 0.124 e. The monoisotopic (exact) mass is 742 g/mol. The lowest BCUT2D eigenvalue weighted by Gasteiger charge is -2.50. The molecule has 282 valence electrons. The van der Waals surface area contributed by atoms with Crippen LogP contribution >= 0.6 is 15.8 Å². The molecular weight excluding hydrogens is 678 g/mol. The predicted octanol–water partition coefficient (Wildman–Crippen LogP) is 10.7. The maximum atomic E-state index is 5.89. The molecule has 0 amide bonds. The van der Waals surface area contributed by atoms with Crippen LogP contribution in [0, 0.1) is 60.8 Å². The number of aryl methyl sites for hydroxylation is 8. The molecule has 4 rings (SSSR count). The molecule has 0 spiro atoms. The van der Waals surface area contributed by atoms with Gasteiger partial charge in [0.2, 0.25) is 0 Å². The lowest BCUT2D eigenvalue weighted by Crippen LogP contribution is -2.45. The first kappa shape index (κ1) is 41.7. The third-order valence-electron chi connectivity index (χ3n) is 11.5. The highest BCUT2D eigenvalue weighted by molar-refractivity contribution is 7.74. The Morgan fingerprint density at radius 2 is 0.654 bits per heavy atom. The molecule has 0 aliphatic heterocycles. The second kappa shape index (κ2) is 17.4. The third kappa shape index (κ3) is 7.91. The molecule has 0 saturated heterocycles. The van der Waals surface area contributed by atoms with Gasteiger partial charge in [-0.15, -0.1) is 0 Å². The lowest BCUT2D eigenvalue weighted by molar-refractivity contribution is 0.241. The van der Waals surface area contributed by atoms with Crippen LogP contribution in [0.4, 0.5) is 0 Å². The molecule has 0 aliphatic carbocycles. The molecule has 4 aromatic rings. The number of ether oxygens (including phenoxy) is 4. The molecule has 2 atom stereocenters. The van der Waals surface area contributed by atoms with E-state index in [4.69, 9.17) is 18.9 Å². The van der Waals surface area contributed by atoms with Gasteiger partial charge in [-0.25, -0.2) is 0 Å². The average molecular weight is 743 g/mol. The first-order chi connectivity index (χ1) is 24.6. The van der Waals surface area contributed by atoms with Crippen LogP contribution in [0.3, 0.4) is 0 Å². The zero-order valence-electron chi connectivity index (χ0n) is 34.9. The van der Waals surface area contributed by atoms with Gasteiger partial charge in [0, 0.05) is 0 Å². The van der Waals surface area contributed by atoms with Gasteiger partial charge in [-0.2, -0.15) is 0 Å². The van der Waals surface area contributed by atoms with Gasteiger partial charge >= 0.3 is 0 Å². The maximum Gasteiger partial charge on any atom is 0.124 e. The summed E-state index contributed by atoms with van der Waals surface area (Å²) in [6.07, 6.45) is 3.36. The van der Waals surface area contributed by atoms with Crippen molar-refractivity contribution in [2.24, 2.45) is 5.41 Å². The molecule has 4 aromatic carbocycles. The molecule has 0 bridgehead atoms. The molecular formula is C46H64O4P2. The Hall–Kier alpha value is -3.06. The van der Waals surface area contributed by atoms with Crippen molar-refractivity contribution in [3.63, 3.8) is 0 Å². The van der Waals surface area contributed by atoms with Gasteiger partial charge < -0.3 is 18.9 Å². The van der Waals surface area contributed by atoms with Crippen LogP contribution in [0.15, 0.2) is 48.5 Å².